The monoisotopic (exact) mass is 232 g/mol. The summed E-state index contributed by atoms with van der Waals surface area (Å²) in [6.07, 6.45) is 0.769. The molecule has 1 heterocycles. The van der Waals surface area contributed by atoms with Gasteiger partial charge in [0.05, 0.1) is 5.92 Å². The molecule has 0 fully saturated rings. The second kappa shape index (κ2) is 4.78. The van der Waals surface area contributed by atoms with Crippen molar-refractivity contribution in [3.05, 3.63) is 47.6 Å². The van der Waals surface area contributed by atoms with E-state index in [-0.39, 0.29) is 11.7 Å². The fraction of sp³-hybridized carbons (Fsp3) is 0.250. The van der Waals surface area contributed by atoms with Gasteiger partial charge < -0.3 is 9.63 Å². The van der Waals surface area contributed by atoms with E-state index < -0.39 is 5.97 Å². The summed E-state index contributed by atoms with van der Waals surface area (Å²) in [6.45, 7) is 1.99. The molecule has 0 amide bonds. The number of aromatic carboxylic acids is 1. The van der Waals surface area contributed by atoms with E-state index >= 15 is 0 Å². The van der Waals surface area contributed by atoms with Crippen LogP contribution in [0.4, 0.5) is 0 Å². The number of benzene rings is 1. The van der Waals surface area contributed by atoms with Gasteiger partial charge in [-0.2, -0.15) is 4.98 Å². The van der Waals surface area contributed by atoms with Crippen LogP contribution in [0.5, 0.6) is 0 Å². The molecule has 0 aliphatic heterocycles. The molecule has 0 spiro atoms. The van der Waals surface area contributed by atoms with Crippen LogP contribution in [0.3, 0.4) is 0 Å². The molecule has 17 heavy (non-hydrogen) atoms. The van der Waals surface area contributed by atoms with Gasteiger partial charge in [0.1, 0.15) is 0 Å². The van der Waals surface area contributed by atoms with Crippen LogP contribution in [0.15, 0.2) is 34.9 Å². The smallest absolute Gasteiger partial charge is 0.377 e. The van der Waals surface area contributed by atoms with Gasteiger partial charge in [-0.25, -0.2) is 4.79 Å². The fourth-order valence-corrected chi connectivity index (χ4v) is 1.70. The molecule has 1 atom stereocenters. The number of rotatable bonds is 4. The lowest BCUT2D eigenvalue weighted by atomic mass is 9.96. The Morgan fingerprint density at radius 1 is 1.41 bits per heavy atom. The predicted octanol–water partition coefficient (Wildman–Crippen LogP) is 2.31. The van der Waals surface area contributed by atoms with Crippen molar-refractivity contribution in [2.24, 2.45) is 0 Å². The van der Waals surface area contributed by atoms with Gasteiger partial charge in [0.15, 0.2) is 0 Å². The Hall–Kier alpha value is -2.17. The molecule has 0 aliphatic carbocycles. The molecule has 0 saturated carbocycles. The third-order valence-corrected chi connectivity index (χ3v) is 2.54. The Kier molecular flexibility index (Phi) is 3.18. The van der Waals surface area contributed by atoms with Crippen molar-refractivity contribution >= 4 is 5.97 Å². The summed E-state index contributed by atoms with van der Waals surface area (Å²) in [4.78, 5) is 14.6. The highest BCUT2D eigenvalue weighted by Crippen LogP contribution is 2.26. The summed E-state index contributed by atoms with van der Waals surface area (Å²) < 4.78 is 4.99. The first-order valence-corrected chi connectivity index (χ1v) is 5.34. The van der Waals surface area contributed by atoms with E-state index in [1.165, 1.54) is 0 Å². The number of carboxylic acids is 1. The number of carbonyl (C=O) groups is 1. The van der Waals surface area contributed by atoms with Crippen LogP contribution >= 0.6 is 0 Å². The molecular formula is C12H12N2O3. The number of nitrogens with zero attached hydrogens (tertiary/aromatic N) is 2. The molecule has 0 radical (unpaired) electrons. The van der Waals surface area contributed by atoms with Crippen LogP contribution in [-0.2, 0) is 0 Å². The Balaban J connectivity index is 2.32. The Labute approximate surface area is 98.1 Å². The quantitative estimate of drug-likeness (QED) is 0.875. The van der Waals surface area contributed by atoms with Crippen molar-refractivity contribution in [3.63, 3.8) is 0 Å². The number of carboxylic acid groups (broad SMARTS) is 1. The van der Waals surface area contributed by atoms with E-state index in [1.54, 1.807) is 0 Å². The van der Waals surface area contributed by atoms with Gasteiger partial charge in [0.25, 0.3) is 5.82 Å². The molecule has 0 bridgehead atoms. The zero-order valence-electron chi connectivity index (χ0n) is 9.33. The normalized spacial score (nSPS) is 12.3. The Morgan fingerprint density at radius 3 is 2.65 bits per heavy atom. The highest BCUT2D eigenvalue weighted by Gasteiger charge is 2.21. The third kappa shape index (κ3) is 2.33. The average molecular weight is 232 g/mol. The second-order valence-corrected chi connectivity index (χ2v) is 3.63. The van der Waals surface area contributed by atoms with E-state index in [0.29, 0.717) is 5.89 Å². The van der Waals surface area contributed by atoms with Crippen molar-refractivity contribution in [1.82, 2.24) is 10.1 Å². The molecule has 88 valence electrons. The van der Waals surface area contributed by atoms with Gasteiger partial charge in [-0.3, -0.25) is 0 Å². The van der Waals surface area contributed by atoms with Gasteiger partial charge in [0, 0.05) is 0 Å². The molecule has 2 aromatic rings. The highest BCUT2D eigenvalue weighted by atomic mass is 16.5. The summed E-state index contributed by atoms with van der Waals surface area (Å²) in [6, 6.07) is 9.68. The van der Waals surface area contributed by atoms with Crippen LogP contribution < -0.4 is 0 Å². The van der Waals surface area contributed by atoms with Gasteiger partial charge in [-0.1, -0.05) is 37.3 Å². The fourth-order valence-electron chi connectivity index (χ4n) is 1.70. The molecule has 0 aliphatic rings. The number of aromatic nitrogens is 2. The molecular weight excluding hydrogens is 220 g/mol. The van der Waals surface area contributed by atoms with E-state index in [9.17, 15) is 4.79 Å². The van der Waals surface area contributed by atoms with Crippen LogP contribution in [0.1, 0.15) is 41.3 Å². The van der Waals surface area contributed by atoms with Crippen LogP contribution in [0.25, 0.3) is 0 Å². The SMILES string of the molecule is CCC(c1ccccc1)c1nc(C(=O)O)no1. The van der Waals surface area contributed by atoms with Crippen molar-refractivity contribution in [1.29, 1.82) is 0 Å². The molecule has 1 unspecified atom stereocenters. The molecule has 1 aromatic heterocycles. The van der Waals surface area contributed by atoms with Gasteiger partial charge in [0.2, 0.25) is 5.89 Å². The van der Waals surface area contributed by atoms with Gasteiger partial charge in [-0.15, -0.1) is 0 Å². The topological polar surface area (TPSA) is 76.2 Å². The van der Waals surface area contributed by atoms with Gasteiger partial charge >= 0.3 is 5.97 Å². The summed E-state index contributed by atoms with van der Waals surface area (Å²) in [5.41, 5.74) is 1.04. The molecule has 5 nitrogen and oxygen atoms in total. The average Bonchev–Trinajstić information content (AvgIpc) is 2.81. The minimum absolute atomic E-state index is 0.0585. The lowest BCUT2D eigenvalue weighted by Gasteiger charge is -2.09. The van der Waals surface area contributed by atoms with Crippen molar-refractivity contribution in [2.45, 2.75) is 19.3 Å². The standard InChI is InChI=1S/C12H12N2O3/c1-2-9(8-6-4-3-5-7-8)11-13-10(12(15)16)14-17-11/h3-7,9H,2H2,1H3,(H,15,16). The molecule has 0 saturated heterocycles. The largest absolute Gasteiger partial charge is 0.475 e. The zero-order chi connectivity index (χ0) is 12.3. The minimum atomic E-state index is -1.18. The minimum Gasteiger partial charge on any atom is -0.475 e. The second-order valence-electron chi connectivity index (χ2n) is 3.63. The molecule has 5 heteroatoms. The van der Waals surface area contributed by atoms with E-state index in [0.717, 1.165) is 12.0 Å². The van der Waals surface area contributed by atoms with Crippen LogP contribution in [0, 0.1) is 0 Å². The number of hydrogen-bond acceptors (Lipinski definition) is 4. The van der Waals surface area contributed by atoms with Crippen LogP contribution in [0.2, 0.25) is 0 Å². The Bertz CT molecular complexity index is 507. The first kappa shape index (κ1) is 11.3. The van der Waals surface area contributed by atoms with Crippen molar-refractivity contribution in [2.75, 3.05) is 0 Å². The maximum Gasteiger partial charge on any atom is 0.377 e. The Morgan fingerprint density at radius 2 is 2.12 bits per heavy atom. The molecule has 1 aromatic carbocycles. The summed E-state index contributed by atoms with van der Waals surface area (Å²) in [5.74, 6) is -1.19. The predicted molar refractivity (Wildman–Crippen MR) is 59.8 cm³/mol. The zero-order valence-corrected chi connectivity index (χ0v) is 9.33. The lowest BCUT2D eigenvalue weighted by Crippen LogP contribution is -2.02. The first-order chi connectivity index (χ1) is 8.22. The van der Waals surface area contributed by atoms with Gasteiger partial charge in [-0.05, 0) is 17.1 Å². The number of hydrogen-bond donors (Lipinski definition) is 1. The van der Waals surface area contributed by atoms with Crippen molar-refractivity contribution in [3.8, 4) is 0 Å². The van der Waals surface area contributed by atoms with E-state index in [1.807, 2.05) is 37.3 Å². The summed E-state index contributed by atoms with van der Waals surface area (Å²) in [5, 5.41) is 12.2. The van der Waals surface area contributed by atoms with Crippen molar-refractivity contribution < 1.29 is 14.4 Å². The third-order valence-electron chi connectivity index (χ3n) is 2.54. The van der Waals surface area contributed by atoms with Crippen LogP contribution in [-0.4, -0.2) is 21.2 Å². The summed E-state index contributed by atoms with van der Waals surface area (Å²) >= 11 is 0. The van der Waals surface area contributed by atoms with E-state index in [4.69, 9.17) is 9.63 Å². The lowest BCUT2D eigenvalue weighted by molar-refractivity contribution is 0.0680. The summed E-state index contributed by atoms with van der Waals surface area (Å²) in [7, 11) is 0. The van der Waals surface area contributed by atoms with E-state index in [2.05, 4.69) is 10.1 Å². The first-order valence-electron chi connectivity index (χ1n) is 5.34. The molecule has 2 rings (SSSR count). The maximum absolute atomic E-state index is 10.7. The maximum atomic E-state index is 10.7. The highest BCUT2D eigenvalue weighted by molar-refractivity contribution is 5.82. The molecule has 1 N–H and O–H groups in total.